The molecule has 1 aromatic heterocycles. The van der Waals surface area contributed by atoms with Crippen LogP contribution in [0, 0.1) is 11.8 Å². The van der Waals surface area contributed by atoms with Crippen LogP contribution >= 0.6 is 11.3 Å². The van der Waals surface area contributed by atoms with Crippen molar-refractivity contribution in [3.63, 3.8) is 0 Å². The second-order valence-electron chi connectivity index (χ2n) is 8.27. The SMILES string of the molecule is CC1CCN(CC2CCCN(C(=O)Nc3nc(-c4ccccc4)cs3)C2)CC1. The predicted octanol–water partition coefficient (Wildman–Crippen LogP) is 4.79. The van der Waals surface area contributed by atoms with E-state index in [2.05, 4.69) is 22.1 Å². The maximum atomic E-state index is 12.8. The van der Waals surface area contributed by atoms with Gasteiger partial charge in [0, 0.05) is 30.6 Å². The van der Waals surface area contributed by atoms with Crippen LogP contribution in [0.2, 0.25) is 0 Å². The van der Waals surface area contributed by atoms with E-state index in [1.807, 2.05) is 40.6 Å². The lowest BCUT2D eigenvalue weighted by atomic mass is 9.94. The van der Waals surface area contributed by atoms with Gasteiger partial charge in [0.25, 0.3) is 0 Å². The Balaban J connectivity index is 1.30. The Morgan fingerprint density at radius 2 is 1.96 bits per heavy atom. The standard InChI is InChI=1S/C22H30N4OS/c1-17-9-12-25(13-10-17)14-18-6-5-11-26(15-18)22(27)24-21-23-20(16-28-21)19-7-3-2-4-8-19/h2-4,7-8,16-18H,5-6,9-15H2,1H3,(H,23,24,27). The Bertz CT molecular complexity index is 770. The first kappa shape index (κ1) is 19.4. The molecule has 1 atom stereocenters. The average Bonchev–Trinajstić information content (AvgIpc) is 3.19. The third kappa shape index (κ3) is 4.92. The van der Waals surface area contributed by atoms with Crippen LogP contribution in [0.15, 0.2) is 35.7 Å². The van der Waals surface area contributed by atoms with Crippen molar-refractivity contribution in [2.24, 2.45) is 11.8 Å². The van der Waals surface area contributed by atoms with Crippen LogP contribution in [0.25, 0.3) is 11.3 Å². The molecule has 2 aliphatic heterocycles. The molecule has 6 heteroatoms. The Morgan fingerprint density at radius 1 is 1.18 bits per heavy atom. The number of amides is 2. The van der Waals surface area contributed by atoms with Crippen LogP contribution in [0.1, 0.15) is 32.6 Å². The first-order chi connectivity index (χ1) is 13.7. The number of thiazole rings is 1. The fourth-order valence-electron chi connectivity index (χ4n) is 4.25. The monoisotopic (exact) mass is 398 g/mol. The molecule has 0 bridgehead atoms. The van der Waals surface area contributed by atoms with Crippen molar-refractivity contribution < 1.29 is 4.79 Å². The molecule has 1 aromatic carbocycles. The summed E-state index contributed by atoms with van der Waals surface area (Å²) in [7, 11) is 0. The van der Waals surface area contributed by atoms with Gasteiger partial charge in [-0.15, -0.1) is 11.3 Å². The summed E-state index contributed by atoms with van der Waals surface area (Å²) in [6.07, 6.45) is 4.94. The Kier molecular flexibility index (Phi) is 6.27. The van der Waals surface area contributed by atoms with Crippen LogP contribution in [0.3, 0.4) is 0 Å². The van der Waals surface area contributed by atoms with E-state index in [-0.39, 0.29) is 6.03 Å². The van der Waals surface area contributed by atoms with E-state index in [0.717, 1.165) is 43.2 Å². The van der Waals surface area contributed by atoms with E-state index in [4.69, 9.17) is 0 Å². The van der Waals surface area contributed by atoms with E-state index in [0.29, 0.717) is 11.0 Å². The molecule has 2 aliphatic rings. The van der Waals surface area contributed by atoms with Gasteiger partial charge in [0.15, 0.2) is 5.13 Å². The molecule has 5 nitrogen and oxygen atoms in total. The molecule has 0 radical (unpaired) electrons. The number of nitrogens with one attached hydrogen (secondary N) is 1. The molecule has 1 unspecified atom stereocenters. The van der Waals surface area contributed by atoms with Gasteiger partial charge in [-0.25, -0.2) is 9.78 Å². The van der Waals surface area contributed by atoms with E-state index >= 15 is 0 Å². The summed E-state index contributed by atoms with van der Waals surface area (Å²) in [6, 6.07) is 10.1. The number of carbonyl (C=O) groups excluding carboxylic acids is 1. The fourth-order valence-corrected chi connectivity index (χ4v) is 4.96. The van der Waals surface area contributed by atoms with Crippen LogP contribution in [0.5, 0.6) is 0 Å². The summed E-state index contributed by atoms with van der Waals surface area (Å²) in [5.74, 6) is 1.45. The maximum absolute atomic E-state index is 12.8. The minimum absolute atomic E-state index is 0.00840. The van der Waals surface area contributed by atoms with Gasteiger partial charge in [0.2, 0.25) is 0 Å². The van der Waals surface area contributed by atoms with Crippen molar-refractivity contribution in [1.29, 1.82) is 0 Å². The van der Waals surface area contributed by atoms with Crippen LogP contribution in [-0.2, 0) is 0 Å². The predicted molar refractivity (Wildman–Crippen MR) is 116 cm³/mol. The van der Waals surface area contributed by atoms with Crippen LogP contribution in [0.4, 0.5) is 9.93 Å². The molecular weight excluding hydrogens is 368 g/mol. The minimum atomic E-state index is -0.00840. The number of carbonyl (C=O) groups is 1. The molecule has 2 aromatic rings. The number of hydrogen-bond donors (Lipinski definition) is 1. The van der Waals surface area contributed by atoms with E-state index in [1.54, 1.807) is 0 Å². The summed E-state index contributed by atoms with van der Waals surface area (Å²) >= 11 is 1.49. The summed E-state index contributed by atoms with van der Waals surface area (Å²) < 4.78 is 0. The van der Waals surface area contributed by atoms with Crippen molar-refractivity contribution >= 4 is 22.5 Å². The Hall–Kier alpha value is -1.92. The normalized spacial score (nSPS) is 21.6. The lowest BCUT2D eigenvalue weighted by Crippen LogP contribution is -2.46. The van der Waals surface area contributed by atoms with E-state index in [9.17, 15) is 4.79 Å². The van der Waals surface area contributed by atoms with E-state index < -0.39 is 0 Å². The zero-order valence-electron chi connectivity index (χ0n) is 16.6. The van der Waals surface area contributed by atoms with Crippen molar-refractivity contribution in [1.82, 2.24) is 14.8 Å². The summed E-state index contributed by atoms with van der Waals surface area (Å²) in [4.78, 5) is 21.9. The molecule has 2 saturated heterocycles. The quantitative estimate of drug-likeness (QED) is 0.806. The molecule has 1 N–H and O–H groups in total. The highest BCUT2D eigenvalue weighted by Crippen LogP contribution is 2.26. The number of hydrogen-bond acceptors (Lipinski definition) is 4. The highest BCUT2D eigenvalue weighted by molar-refractivity contribution is 7.14. The van der Waals surface area contributed by atoms with Crippen molar-refractivity contribution in [3.8, 4) is 11.3 Å². The smallest absolute Gasteiger partial charge is 0.323 e. The largest absolute Gasteiger partial charge is 0.324 e. The maximum Gasteiger partial charge on any atom is 0.323 e. The lowest BCUT2D eigenvalue weighted by Gasteiger charge is -2.37. The van der Waals surface area contributed by atoms with Crippen molar-refractivity contribution in [3.05, 3.63) is 35.7 Å². The van der Waals surface area contributed by atoms with Gasteiger partial charge >= 0.3 is 6.03 Å². The molecule has 4 rings (SSSR count). The van der Waals surface area contributed by atoms with Gasteiger partial charge in [0.05, 0.1) is 5.69 Å². The number of aromatic nitrogens is 1. The first-order valence-corrected chi connectivity index (χ1v) is 11.3. The summed E-state index contributed by atoms with van der Waals surface area (Å²) in [6.45, 7) is 7.61. The number of rotatable bonds is 4. The molecular formula is C22H30N4OS. The molecule has 2 amide bonds. The molecule has 3 heterocycles. The van der Waals surface area contributed by atoms with Gasteiger partial charge in [-0.2, -0.15) is 0 Å². The van der Waals surface area contributed by atoms with Crippen molar-refractivity contribution in [2.45, 2.75) is 32.6 Å². The topological polar surface area (TPSA) is 48.5 Å². The Labute approximate surface area is 171 Å². The molecule has 0 saturated carbocycles. The molecule has 2 fully saturated rings. The third-order valence-electron chi connectivity index (χ3n) is 5.99. The molecule has 28 heavy (non-hydrogen) atoms. The zero-order valence-corrected chi connectivity index (χ0v) is 17.5. The van der Waals surface area contributed by atoms with Crippen LogP contribution in [-0.4, -0.2) is 53.5 Å². The second-order valence-corrected chi connectivity index (χ2v) is 9.13. The van der Waals surface area contributed by atoms with Gasteiger partial charge in [-0.05, 0) is 50.6 Å². The number of benzene rings is 1. The van der Waals surface area contributed by atoms with Gasteiger partial charge in [0.1, 0.15) is 0 Å². The molecule has 0 aliphatic carbocycles. The number of anilines is 1. The van der Waals surface area contributed by atoms with E-state index in [1.165, 1.54) is 43.7 Å². The number of piperidine rings is 2. The first-order valence-electron chi connectivity index (χ1n) is 10.5. The average molecular weight is 399 g/mol. The second kappa shape index (κ2) is 9.05. The zero-order chi connectivity index (χ0) is 19.3. The fraction of sp³-hybridized carbons (Fsp3) is 0.545. The van der Waals surface area contributed by atoms with Gasteiger partial charge in [-0.3, -0.25) is 5.32 Å². The van der Waals surface area contributed by atoms with Crippen LogP contribution < -0.4 is 5.32 Å². The molecule has 150 valence electrons. The Morgan fingerprint density at radius 3 is 2.75 bits per heavy atom. The highest BCUT2D eigenvalue weighted by Gasteiger charge is 2.27. The van der Waals surface area contributed by atoms with Crippen molar-refractivity contribution in [2.75, 3.05) is 38.0 Å². The number of likely N-dealkylation sites (tertiary alicyclic amines) is 2. The summed E-state index contributed by atoms with van der Waals surface area (Å²) in [5.41, 5.74) is 1.99. The minimum Gasteiger partial charge on any atom is -0.324 e. The lowest BCUT2D eigenvalue weighted by molar-refractivity contribution is 0.124. The van der Waals surface area contributed by atoms with Gasteiger partial charge < -0.3 is 9.80 Å². The van der Waals surface area contributed by atoms with Gasteiger partial charge in [-0.1, -0.05) is 37.3 Å². The molecule has 0 spiro atoms. The highest BCUT2D eigenvalue weighted by atomic mass is 32.1. The number of urea groups is 1. The third-order valence-corrected chi connectivity index (χ3v) is 6.74. The number of nitrogens with zero attached hydrogens (tertiary/aromatic N) is 3. The summed E-state index contributed by atoms with van der Waals surface area (Å²) in [5, 5.41) is 5.69.